The molecule has 2 fully saturated rings. The summed E-state index contributed by atoms with van der Waals surface area (Å²) in [5.41, 5.74) is 0. The number of rotatable bonds is 4. The zero-order chi connectivity index (χ0) is 12.3. The maximum atomic E-state index is 12.1. The maximum absolute atomic E-state index is 12.1. The molecule has 3 atom stereocenters. The van der Waals surface area contributed by atoms with Crippen molar-refractivity contribution in [3.8, 4) is 0 Å². The summed E-state index contributed by atoms with van der Waals surface area (Å²) in [7, 11) is 0. The van der Waals surface area contributed by atoms with Crippen LogP contribution in [-0.4, -0.2) is 36.5 Å². The fraction of sp³-hybridized carbons (Fsp3) is 0.923. The van der Waals surface area contributed by atoms with E-state index in [1.165, 1.54) is 19.3 Å². The van der Waals surface area contributed by atoms with E-state index in [2.05, 4.69) is 23.8 Å². The van der Waals surface area contributed by atoms with Crippen molar-refractivity contribution in [2.45, 2.75) is 43.9 Å². The Bertz CT molecular complexity index is 268. The predicted molar refractivity (Wildman–Crippen MR) is 73.2 cm³/mol. The average molecular weight is 256 g/mol. The highest BCUT2D eigenvalue weighted by Gasteiger charge is 2.30. The van der Waals surface area contributed by atoms with E-state index < -0.39 is 0 Å². The first-order chi connectivity index (χ1) is 8.20. The summed E-state index contributed by atoms with van der Waals surface area (Å²) >= 11 is 1.95. The number of nitrogens with one attached hydrogen (secondary N) is 2. The first-order valence-corrected chi connectivity index (χ1v) is 8.03. The zero-order valence-corrected chi connectivity index (χ0v) is 11.7. The molecule has 1 amide bonds. The van der Waals surface area contributed by atoms with Crippen LogP contribution in [0, 0.1) is 11.8 Å². The standard InChI is InChI=1S/C13H24N2OS/c1-9(10-7-14-8-10)13(16)15-11-4-3-5-12(6-11)17-2/h9-12,14H,3-8H2,1-2H3,(H,15,16). The molecule has 17 heavy (non-hydrogen) atoms. The Morgan fingerprint density at radius 3 is 2.76 bits per heavy atom. The highest BCUT2D eigenvalue weighted by molar-refractivity contribution is 7.99. The van der Waals surface area contributed by atoms with E-state index in [-0.39, 0.29) is 11.8 Å². The normalized spacial score (nSPS) is 31.6. The van der Waals surface area contributed by atoms with E-state index in [0.29, 0.717) is 12.0 Å². The lowest BCUT2D eigenvalue weighted by atomic mass is 9.87. The van der Waals surface area contributed by atoms with Gasteiger partial charge in [-0.25, -0.2) is 0 Å². The smallest absolute Gasteiger partial charge is 0.223 e. The van der Waals surface area contributed by atoms with E-state index in [1.807, 2.05) is 11.8 Å². The van der Waals surface area contributed by atoms with Crippen molar-refractivity contribution in [1.29, 1.82) is 0 Å². The van der Waals surface area contributed by atoms with Crippen LogP contribution >= 0.6 is 11.8 Å². The molecule has 1 saturated carbocycles. The lowest BCUT2D eigenvalue weighted by Crippen LogP contribution is -2.51. The fourth-order valence-electron chi connectivity index (χ4n) is 2.70. The van der Waals surface area contributed by atoms with Gasteiger partial charge in [0.1, 0.15) is 0 Å². The number of thioether (sulfide) groups is 1. The molecule has 1 heterocycles. The van der Waals surface area contributed by atoms with Crippen molar-refractivity contribution in [3.05, 3.63) is 0 Å². The minimum absolute atomic E-state index is 0.172. The molecule has 4 heteroatoms. The third-order valence-corrected chi connectivity index (χ3v) is 5.33. The van der Waals surface area contributed by atoms with Gasteiger partial charge in [0.15, 0.2) is 0 Å². The molecular formula is C13H24N2OS. The van der Waals surface area contributed by atoms with Gasteiger partial charge in [0.25, 0.3) is 0 Å². The Kier molecular flexibility index (Phi) is 4.74. The van der Waals surface area contributed by atoms with Crippen molar-refractivity contribution in [2.75, 3.05) is 19.3 Å². The number of carbonyl (C=O) groups excluding carboxylic acids is 1. The molecule has 0 aromatic carbocycles. The Labute approximate surface area is 108 Å². The summed E-state index contributed by atoms with van der Waals surface area (Å²) in [6.07, 6.45) is 7.07. The van der Waals surface area contributed by atoms with Crippen LogP contribution in [0.2, 0.25) is 0 Å². The lowest BCUT2D eigenvalue weighted by Gasteiger charge is -2.34. The number of carbonyl (C=O) groups is 1. The van der Waals surface area contributed by atoms with Crippen LogP contribution in [0.25, 0.3) is 0 Å². The van der Waals surface area contributed by atoms with Crippen LogP contribution in [0.4, 0.5) is 0 Å². The molecule has 2 aliphatic rings. The van der Waals surface area contributed by atoms with E-state index >= 15 is 0 Å². The van der Waals surface area contributed by atoms with Gasteiger partial charge >= 0.3 is 0 Å². The number of hydrogen-bond acceptors (Lipinski definition) is 3. The van der Waals surface area contributed by atoms with Crippen LogP contribution in [0.1, 0.15) is 32.6 Å². The van der Waals surface area contributed by atoms with Crippen LogP contribution in [0.3, 0.4) is 0 Å². The zero-order valence-electron chi connectivity index (χ0n) is 10.9. The van der Waals surface area contributed by atoms with E-state index in [0.717, 1.165) is 24.8 Å². The Morgan fingerprint density at radius 2 is 2.18 bits per heavy atom. The monoisotopic (exact) mass is 256 g/mol. The van der Waals surface area contributed by atoms with Gasteiger partial charge in [-0.3, -0.25) is 4.79 Å². The lowest BCUT2D eigenvalue weighted by molar-refractivity contribution is -0.127. The Hall–Kier alpha value is -0.220. The molecule has 98 valence electrons. The molecule has 3 unspecified atom stereocenters. The van der Waals surface area contributed by atoms with Crippen LogP contribution in [-0.2, 0) is 4.79 Å². The fourth-order valence-corrected chi connectivity index (χ4v) is 3.53. The minimum Gasteiger partial charge on any atom is -0.353 e. The van der Waals surface area contributed by atoms with Crippen LogP contribution in [0.15, 0.2) is 0 Å². The first-order valence-electron chi connectivity index (χ1n) is 6.74. The van der Waals surface area contributed by atoms with Crippen molar-refractivity contribution in [3.63, 3.8) is 0 Å². The second kappa shape index (κ2) is 6.10. The molecular weight excluding hydrogens is 232 g/mol. The third-order valence-electron chi connectivity index (χ3n) is 4.24. The van der Waals surface area contributed by atoms with Gasteiger partial charge in [-0.05, 0) is 44.5 Å². The van der Waals surface area contributed by atoms with E-state index in [1.54, 1.807) is 0 Å². The van der Waals surface area contributed by atoms with E-state index in [9.17, 15) is 4.79 Å². The third kappa shape index (κ3) is 3.38. The topological polar surface area (TPSA) is 41.1 Å². The molecule has 2 N–H and O–H groups in total. The first kappa shape index (κ1) is 13.2. The average Bonchev–Trinajstić information content (AvgIpc) is 2.27. The highest BCUT2D eigenvalue weighted by atomic mass is 32.2. The molecule has 1 aliphatic heterocycles. The molecule has 1 saturated heterocycles. The van der Waals surface area contributed by atoms with Gasteiger partial charge in [0.2, 0.25) is 5.91 Å². The maximum Gasteiger partial charge on any atom is 0.223 e. The highest BCUT2D eigenvalue weighted by Crippen LogP contribution is 2.27. The number of amides is 1. The van der Waals surface area contributed by atoms with Gasteiger partial charge in [-0.15, -0.1) is 0 Å². The summed E-state index contributed by atoms with van der Waals surface area (Å²) in [5.74, 6) is 0.990. The van der Waals surface area contributed by atoms with Crippen molar-refractivity contribution in [1.82, 2.24) is 10.6 Å². The Morgan fingerprint density at radius 1 is 1.41 bits per heavy atom. The van der Waals surface area contributed by atoms with Gasteiger partial charge in [0, 0.05) is 17.2 Å². The predicted octanol–water partition coefficient (Wildman–Crippen LogP) is 1.63. The second-order valence-corrected chi connectivity index (χ2v) is 6.57. The van der Waals surface area contributed by atoms with Crippen molar-refractivity contribution >= 4 is 17.7 Å². The summed E-state index contributed by atoms with van der Waals surface area (Å²) in [6.45, 7) is 4.08. The molecule has 2 rings (SSSR count). The minimum atomic E-state index is 0.172. The van der Waals surface area contributed by atoms with E-state index in [4.69, 9.17) is 0 Å². The quantitative estimate of drug-likeness (QED) is 0.803. The van der Waals surface area contributed by atoms with Gasteiger partial charge in [-0.2, -0.15) is 11.8 Å². The summed E-state index contributed by atoms with van der Waals surface area (Å²) < 4.78 is 0. The summed E-state index contributed by atoms with van der Waals surface area (Å²) in [4.78, 5) is 12.1. The SMILES string of the molecule is CSC1CCCC(NC(=O)C(C)C2CNC2)C1. The molecule has 3 nitrogen and oxygen atoms in total. The largest absolute Gasteiger partial charge is 0.353 e. The van der Waals surface area contributed by atoms with Crippen LogP contribution < -0.4 is 10.6 Å². The summed E-state index contributed by atoms with van der Waals surface area (Å²) in [5, 5.41) is 7.23. The molecule has 0 aromatic rings. The van der Waals surface area contributed by atoms with Gasteiger partial charge in [-0.1, -0.05) is 13.3 Å². The number of hydrogen-bond donors (Lipinski definition) is 2. The second-order valence-electron chi connectivity index (χ2n) is 5.44. The molecule has 0 aromatic heterocycles. The molecule has 0 spiro atoms. The molecule has 1 aliphatic carbocycles. The van der Waals surface area contributed by atoms with Crippen LogP contribution in [0.5, 0.6) is 0 Å². The van der Waals surface area contributed by atoms with Gasteiger partial charge in [0.05, 0.1) is 0 Å². The van der Waals surface area contributed by atoms with Crippen molar-refractivity contribution < 1.29 is 4.79 Å². The summed E-state index contributed by atoms with van der Waals surface area (Å²) in [6, 6.07) is 0.421. The molecule has 0 bridgehead atoms. The molecule has 0 radical (unpaired) electrons. The Balaban J connectivity index is 1.77. The van der Waals surface area contributed by atoms with Gasteiger partial charge < -0.3 is 10.6 Å². The van der Waals surface area contributed by atoms with Crippen molar-refractivity contribution in [2.24, 2.45) is 11.8 Å².